The van der Waals surface area contributed by atoms with Gasteiger partial charge in [-0.3, -0.25) is 9.78 Å². The van der Waals surface area contributed by atoms with Crippen molar-refractivity contribution in [3.63, 3.8) is 0 Å². The number of benzene rings is 2. The van der Waals surface area contributed by atoms with Crippen molar-refractivity contribution in [3.05, 3.63) is 84.0 Å². The number of ether oxygens (including phenoxy) is 2. The molecule has 0 atom stereocenters. The van der Waals surface area contributed by atoms with E-state index in [1.807, 2.05) is 66.9 Å². The molecular weight excluding hydrogens is 434 g/mol. The van der Waals surface area contributed by atoms with Crippen LogP contribution in [0, 0.1) is 0 Å². The minimum absolute atomic E-state index is 0.227. The van der Waals surface area contributed by atoms with Gasteiger partial charge in [0.15, 0.2) is 11.5 Å². The predicted octanol–water partition coefficient (Wildman–Crippen LogP) is 5.93. The SMILES string of the molecule is CCOc1ccc(/C=C/C(=O)Nc2cccc(-c3csc(-c4cccnc4)n3)c2)cc1OC. The van der Waals surface area contributed by atoms with E-state index in [1.54, 1.807) is 36.9 Å². The number of aromatic nitrogens is 2. The van der Waals surface area contributed by atoms with E-state index in [1.165, 1.54) is 6.08 Å². The van der Waals surface area contributed by atoms with E-state index in [2.05, 4.69) is 10.3 Å². The Bertz CT molecular complexity index is 1270. The van der Waals surface area contributed by atoms with Gasteiger partial charge in [-0.25, -0.2) is 4.98 Å². The summed E-state index contributed by atoms with van der Waals surface area (Å²) in [5, 5.41) is 5.81. The van der Waals surface area contributed by atoms with Crippen LogP contribution in [0.1, 0.15) is 12.5 Å². The van der Waals surface area contributed by atoms with E-state index in [9.17, 15) is 4.79 Å². The largest absolute Gasteiger partial charge is 0.493 e. The summed E-state index contributed by atoms with van der Waals surface area (Å²) in [6.07, 6.45) is 6.76. The molecule has 2 heterocycles. The third-order valence-corrected chi connectivity index (χ3v) is 5.64. The fraction of sp³-hybridized carbons (Fsp3) is 0.115. The highest BCUT2D eigenvalue weighted by molar-refractivity contribution is 7.13. The quantitative estimate of drug-likeness (QED) is 0.332. The summed E-state index contributed by atoms with van der Waals surface area (Å²) in [7, 11) is 1.59. The number of hydrogen-bond donors (Lipinski definition) is 1. The molecule has 4 aromatic rings. The molecule has 166 valence electrons. The molecule has 1 N–H and O–H groups in total. The zero-order valence-corrected chi connectivity index (χ0v) is 19.1. The fourth-order valence-corrected chi connectivity index (χ4v) is 4.02. The van der Waals surface area contributed by atoms with Gasteiger partial charge >= 0.3 is 0 Å². The number of nitrogens with one attached hydrogen (secondary N) is 1. The van der Waals surface area contributed by atoms with Crippen LogP contribution < -0.4 is 14.8 Å². The lowest BCUT2D eigenvalue weighted by molar-refractivity contribution is -0.111. The molecule has 7 heteroatoms. The van der Waals surface area contributed by atoms with Crippen LogP contribution >= 0.6 is 11.3 Å². The molecule has 0 aliphatic heterocycles. The Balaban J connectivity index is 1.44. The maximum atomic E-state index is 12.5. The molecule has 33 heavy (non-hydrogen) atoms. The van der Waals surface area contributed by atoms with Crippen LogP contribution in [0.5, 0.6) is 11.5 Å². The van der Waals surface area contributed by atoms with Crippen molar-refractivity contribution in [2.75, 3.05) is 19.0 Å². The van der Waals surface area contributed by atoms with Crippen molar-refractivity contribution in [2.24, 2.45) is 0 Å². The van der Waals surface area contributed by atoms with Crippen molar-refractivity contribution in [1.82, 2.24) is 9.97 Å². The maximum Gasteiger partial charge on any atom is 0.248 e. The molecule has 1 amide bonds. The second kappa shape index (κ2) is 10.6. The van der Waals surface area contributed by atoms with Crippen molar-refractivity contribution < 1.29 is 14.3 Å². The topological polar surface area (TPSA) is 73.3 Å². The minimum Gasteiger partial charge on any atom is -0.493 e. The lowest BCUT2D eigenvalue weighted by Gasteiger charge is -2.09. The summed E-state index contributed by atoms with van der Waals surface area (Å²) in [6.45, 7) is 2.47. The number of thiazole rings is 1. The molecule has 0 bridgehead atoms. The van der Waals surface area contributed by atoms with Crippen LogP contribution in [0.4, 0.5) is 5.69 Å². The van der Waals surface area contributed by atoms with Crippen molar-refractivity contribution in [2.45, 2.75) is 6.92 Å². The Morgan fingerprint density at radius 2 is 1.97 bits per heavy atom. The number of nitrogens with zero attached hydrogens (tertiary/aromatic N) is 2. The van der Waals surface area contributed by atoms with E-state index in [4.69, 9.17) is 14.5 Å². The Kier molecular flexibility index (Phi) is 7.12. The average molecular weight is 458 g/mol. The van der Waals surface area contributed by atoms with Crippen LogP contribution in [0.15, 0.2) is 78.4 Å². The zero-order chi connectivity index (χ0) is 23.0. The van der Waals surface area contributed by atoms with Crippen LogP contribution in [0.25, 0.3) is 27.9 Å². The number of anilines is 1. The Hall–Kier alpha value is -3.97. The maximum absolute atomic E-state index is 12.5. The summed E-state index contributed by atoms with van der Waals surface area (Å²) in [5.74, 6) is 1.07. The molecule has 0 aliphatic carbocycles. The monoisotopic (exact) mass is 457 g/mol. The third kappa shape index (κ3) is 5.64. The number of carbonyl (C=O) groups excluding carboxylic acids is 1. The van der Waals surface area contributed by atoms with Gasteiger partial charge in [-0.05, 0) is 55.0 Å². The number of amides is 1. The van der Waals surface area contributed by atoms with Crippen molar-refractivity contribution in [3.8, 4) is 33.3 Å². The molecule has 0 unspecified atom stereocenters. The number of pyridine rings is 1. The first kappa shape index (κ1) is 22.2. The van der Waals surface area contributed by atoms with Gasteiger partial charge in [0.1, 0.15) is 5.01 Å². The molecular formula is C26H23N3O3S. The third-order valence-electron chi connectivity index (χ3n) is 4.75. The number of carbonyl (C=O) groups is 1. The van der Waals surface area contributed by atoms with Gasteiger partial charge in [0.2, 0.25) is 5.91 Å². The van der Waals surface area contributed by atoms with Gasteiger partial charge in [-0.2, -0.15) is 0 Å². The summed E-state index contributed by atoms with van der Waals surface area (Å²) in [6, 6.07) is 17.0. The van der Waals surface area contributed by atoms with Crippen molar-refractivity contribution in [1.29, 1.82) is 0 Å². The molecule has 0 fully saturated rings. The Labute approximate surface area is 196 Å². The van der Waals surface area contributed by atoms with Crippen molar-refractivity contribution >= 4 is 29.0 Å². The van der Waals surface area contributed by atoms with Gasteiger partial charge in [0.25, 0.3) is 0 Å². The zero-order valence-electron chi connectivity index (χ0n) is 18.3. The molecule has 0 spiro atoms. The van der Waals surface area contributed by atoms with E-state index >= 15 is 0 Å². The predicted molar refractivity (Wildman–Crippen MR) is 133 cm³/mol. The van der Waals surface area contributed by atoms with Crippen LogP contribution in [0.3, 0.4) is 0 Å². The number of hydrogen-bond acceptors (Lipinski definition) is 6. The number of methoxy groups -OCH3 is 1. The normalized spacial score (nSPS) is 10.8. The molecule has 2 aromatic carbocycles. The summed E-state index contributed by atoms with van der Waals surface area (Å²) in [5.41, 5.74) is 4.30. The smallest absolute Gasteiger partial charge is 0.248 e. The fourth-order valence-electron chi connectivity index (χ4n) is 3.20. The first-order chi connectivity index (χ1) is 16.2. The molecule has 0 aliphatic rings. The minimum atomic E-state index is -0.227. The second-order valence-electron chi connectivity index (χ2n) is 7.03. The van der Waals surface area contributed by atoms with Crippen LogP contribution in [-0.4, -0.2) is 29.6 Å². The summed E-state index contributed by atoms with van der Waals surface area (Å²) < 4.78 is 10.9. The van der Waals surface area contributed by atoms with Crippen LogP contribution in [-0.2, 0) is 4.79 Å². The van der Waals surface area contributed by atoms with E-state index in [-0.39, 0.29) is 5.91 Å². The lowest BCUT2D eigenvalue weighted by Crippen LogP contribution is -2.07. The standard InChI is InChI=1S/C26H23N3O3S/c1-3-32-23-11-9-18(14-24(23)31-2)10-12-25(30)28-21-8-4-6-19(15-21)22-17-33-26(29-22)20-7-5-13-27-16-20/h4-17H,3H2,1-2H3,(H,28,30)/b12-10+. The average Bonchev–Trinajstić information content (AvgIpc) is 3.35. The van der Waals surface area contributed by atoms with E-state index < -0.39 is 0 Å². The highest BCUT2D eigenvalue weighted by Crippen LogP contribution is 2.30. The number of rotatable bonds is 8. The van der Waals surface area contributed by atoms with Gasteiger partial charge in [-0.1, -0.05) is 18.2 Å². The molecule has 0 radical (unpaired) electrons. The molecule has 6 nitrogen and oxygen atoms in total. The molecule has 2 aromatic heterocycles. The molecule has 0 saturated heterocycles. The van der Waals surface area contributed by atoms with Crippen LogP contribution in [0.2, 0.25) is 0 Å². The first-order valence-electron chi connectivity index (χ1n) is 10.4. The van der Waals surface area contributed by atoms with Gasteiger partial charge < -0.3 is 14.8 Å². The molecule has 0 saturated carbocycles. The van der Waals surface area contributed by atoms with Gasteiger partial charge in [-0.15, -0.1) is 11.3 Å². The van der Waals surface area contributed by atoms with Gasteiger partial charge in [0, 0.05) is 40.7 Å². The first-order valence-corrected chi connectivity index (χ1v) is 11.3. The second-order valence-corrected chi connectivity index (χ2v) is 7.88. The van der Waals surface area contributed by atoms with E-state index in [0.29, 0.717) is 23.8 Å². The van der Waals surface area contributed by atoms with E-state index in [0.717, 1.165) is 27.4 Å². The lowest BCUT2D eigenvalue weighted by atomic mass is 10.1. The highest BCUT2D eigenvalue weighted by Gasteiger charge is 2.08. The Morgan fingerprint density at radius 3 is 2.76 bits per heavy atom. The highest BCUT2D eigenvalue weighted by atomic mass is 32.1. The van der Waals surface area contributed by atoms with Gasteiger partial charge in [0.05, 0.1) is 19.4 Å². The molecule has 4 rings (SSSR count). The Morgan fingerprint density at radius 1 is 1.09 bits per heavy atom. The summed E-state index contributed by atoms with van der Waals surface area (Å²) in [4.78, 5) is 21.3. The summed E-state index contributed by atoms with van der Waals surface area (Å²) >= 11 is 1.56.